The molecule has 0 saturated heterocycles. The van der Waals surface area contributed by atoms with Crippen LogP contribution in [0.5, 0.6) is 0 Å². The van der Waals surface area contributed by atoms with Crippen LogP contribution >= 0.6 is 35.0 Å². The molecule has 0 amide bonds. The first-order valence-corrected chi connectivity index (χ1v) is 7.92. The number of nitrogens with zero attached hydrogens (tertiary/aromatic N) is 1. The Balaban J connectivity index is 2.99. The highest BCUT2D eigenvalue weighted by molar-refractivity contribution is 7.99. The zero-order chi connectivity index (χ0) is 16.0. The smallest absolute Gasteiger partial charge is 0.338 e. The average molecular weight is 352 g/mol. The summed E-state index contributed by atoms with van der Waals surface area (Å²) in [7, 11) is 1.32. The lowest BCUT2D eigenvalue weighted by Crippen LogP contribution is -2.16. The van der Waals surface area contributed by atoms with Gasteiger partial charge in [0.1, 0.15) is 10.3 Å². The Labute approximate surface area is 137 Å². The SMILES string of the molecule is CCOC(=O)c1cc(Cl)nc(Cl)c1CSC(C)C(=O)OC. The number of hydrogen-bond acceptors (Lipinski definition) is 6. The van der Waals surface area contributed by atoms with Crippen molar-refractivity contribution in [1.82, 2.24) is 4.98 Å². The molecule has 5 nitrogen and oxygen atoms in total. The second-order valence-corrected chi connectivity index (χ2v) is 6.03. The van der Waals surface area contributed by atoms with Crippen LogP contribution in [-0.2, 0) is 20.0 Å². The predicted molar refractivity (Wildman–Crippen MR) is 83.0 cm³/mol. The molecule has 0 fully saturated rings. The maximum Gasteiger partial charge on any atom is 0.338 e. The quantitative estimate of drug-likeness (QED) is 0.578. The van der Waals surface area contributed by atoms with Crippen LogP contribution in [-0.4, -0.2) is 35.9 Å². The second-order valence-electron chi connectivity index (χ2n) is 3.96. The van der Waals surface area contributed by atoms with Crippen molar-refractivity contribution in [2.75, 3.05) is 13.7 Å². The number of hydrogen-bond donors (Lipinski definition) is 0. The zero-order valence-electron chi connectivity index (χ0n) is 11.8. The normalized spacial score (nSPS) is 11.9. The van der Waals surface area contributed by atoms with Crippen molar-refractivity contribution >= 4 is 46.9 Å². The number of esters is 2. The molecule has 1 atom stereocenters. The van der Waals surface area contributed by atoms with Gasteiger partial charge in [-0.3, -0.25) is 4.79 Å². The van der Waals surface area contributed by atoms with Gasteiger partial charge in [-0.1, -0.05) is 23.2 Å². The molecule has 8 heteroatoms. The maximum atomic E-state index is 11.9. The Morgan fingerprint density at radius 2 is 2.10 bits per heavy atom. The molecule has 0 N–H and O–H groups in total. The molecule has 21 heavy (non-hydrogen) atoms. The fraction of sp³-hybridized carbons (Fsp3) is 0.462. The molecule has 116 valence electrons. The van der Waals surface area contributed by atoms with E-state index in [0.717, 1.165) is 0 Å². The van der Waals surface area contributed by atoms with Crippen LogP contribution < -0.4 is 0 Å². The molecule has 0 saturated carbocycles. The molecule has 0 bridgehead atoms. The molecule has 0 aliphatic carbocycles. The number of methoxy groups -OCH3 is 1. The largest absolute Gasteiger partial charge is 0.468 e. The standard InChI is InChI=1S/C13H15Cl2NO4S/c1-4-20-13(18)8-5-10(14)16-11(15)9(8)6-21-7(2)12(17)19-3/h5,7H,4,6H2,1-3H3. The number of carbonyl (C=O) groups excluding carboxylic acids is 2. The van der Waals surface area contributed by atoms with Gasteiger partial charge in [-0.25, -0.2) is 9.78 Å². The Morgan fingerprint density at radius 3 is 2.67 bits per heavy atom. The molecular formula is C13H15Cl2NO4S. The summed E-state index contributed by atoms with van der Waals surface area (Å²) >= 11 is 13.1. The minimum Gasteiger partial charge on any atom is -0.468 e. The van der Waals surface area contributed by atoms with E-state index in [1.807, 2.05) is 0 Å². The van der Waals surface area contributed by atoms with Crippen molar-refractivity contribution in [3.05, 3.63) is 27.5 Å². The third-order valence-electron chi connectivity index (χ3n) is 2.55. The molecule has 0 aromatic carbocycles. The number of rotatable bonds is 6. The number of halogens is 2. The van der Waals surface area contributed by atoms with E-state index >= 15 is 0 Å². The fourth-order valence-electron chi connectivity index (χ4n) is 1.48. The van der Waals surface area contributed by atoms with Crippen LogP contribution in [0.2, 0.25) is 10.3 Å². The fourth-order valence-corrected chi connectivity index (χ4v) is 3.00. The van der Waals surface area contributed by atoms with Gasteiger partial charge in [0.2, 0.25) is 0 Å². The summed E-state index contributed by atoms with van der Waals surface area (Å²) in [6.07, 6.45) is 0. The molecule has 0 aliphatic heterocycles. The third kappa shape index (κ3) is 5.05. The monoisotopic (exact) mass is 351 g/mol. The van der Waals surface area contributed by atoms with Crippen molar-refractivity contribution in [3.63, 3.8) is 0 Å². The number of pyridine rings is 1. The van der Waals surface area contributed by atoms with Crippen molar-refractivity contribution in [3.8, 4) is 0 Å². The van der Waals surface area contributed by atoms with E-state index in [-0.39, 0.29) is 28.4 Å². The van der Waals surface area contributed by atoms with Gasteiger partial charge in [-0.15, -0.1) is 11.8 Å². The van der Waals surface area contributed by atoms with Crippen LogP contribution in [0.4, 0.5) is 0 Å². The van der Waals surface area contributed by atoms with E-state index in [1.54, 1.807) is 13.8 Å². The Hall–Kier alpha value is -0.980. The van der Waals surface area contributed by atoms with Gasteiger partial charge >= 0.3 is 11.9 Å². The Morgan fingerprint density at radius 1 is 1.43 bits per heavy atom. The molecule has 1 heterocycles. The first-order chi connectivity index (χ1) is 9.90. The number of aromatic nitrogens is 1. The minimum atomic E-state index is -0.523. The van der Waals surface area contributed by atoms with Crippen molar-refractivity contribution < 1.29 is 19.1 Å². The lowest BCUT2D eigenvalue weighted by molar-refractivity contribution is -0.139. The number of carbonyl (C=O) groups is 2. The van der Waals surface area contributed by atoms with Crippen LogP contribution in [0.15, 0.2) is 6.07 Å². The van der Waals surface area contributed by atoms with Crippen molar-refractivity contribution in [2.45, 2.75) is 24.9 Å². The first-order valence-electron chi connectivity index (χ1n) is 6.12. The highest BCUT2D eigenvalue weighted by atomic mass is 35.5. The van der Waals surface area contributed by atoms with E-state index in [1.165, 1.54) is 24.9 Å². The summed E-state index contributed by atoms with van der Waals surface area (Å²) in [5.74, 6) is -0.561. The van der Waals surface area contributed by atoms with Crippen molar-refractivity contribution in [2.24, 2.45) is 0 Å². The molecule has 0 spiro atoms. The molecule has 1 unspecified atom stereocenters. The molecular weight excluding hydrogens is 337 g/mol. The summed E-state index contributed by atoms with van der Waals surface area (Å²) < 4.78 is 9.61. The summed E-state index contributed by atoms with van der Waals surface area (Å²) in [5.41, 5.74) is 0.742. The lowest BCUT2D eigenvalue weighted by atomic mass is 10.1. The van der Waals surface area contributed by atoms with E-state index in [0.29, 0.717) is 11.3 Å². The van der Waals surface area contributed by atoms with E-state index in [2.05, 4.69) is 9.72 Å². The van der Waals surface area contributed by atoms with Crippen LogP contribution in [0, 0.1) is 0 Å². The maximum absolute atomic E-state index is 11.9. The third-order valence-corrected chi connectivity index (χ3v) is 4.20. The summed E-state index contributed by atoms with van der Waals surface area (Å²) in [6, 6.07) is 1.41. The second kappa shape index (κ2) is 8.46. The topological polar surface area (TPSA) is 65.5 Å². The molecule has 0 aliphatic rings. The van der Waals surface area contributed by atoms with E-state index < -0.39 is 11.2 Å². The van der Waals surface area contributed by atoms with E-state index in [9.17, 15) is 9.59 Å². The highest BCUT2D eigenvalue weighted by Gasteiger charge is 2.21. The van der Waals surface area contributed by atoms with E-state index in [4.69, 9.17) is 27.9 Å². The van der Waals surface area contributed by atoms with Gasteiger partial charge < -0.3 is 9.47 Å². The van der Waals surface area contributed by atoms with Gasteiger partial charge in [-0.05, 0) is 19.9 Å². The first kappa shape index (κ1) is 18.1. The average Bonchev–Trinajstić information content (AvgIpc) is 2.44. The molecule has 0 radical (unpaired) electrons. The zero-order valence-corrected chi connectivity index (χ0v) is 14.1. The van der Waals surface area contributed by atoms with Gasteiger partial charge in [0.05, 0.1) is 24.5 Å². The highest BCUT2D eigenvalue weighted by Crippen LogP contribution is 2.28. The molecule has 1 aromatic rings. The Kier molecular flexibility index (Phi) is 7.28. The number of ether oxygens (including phenoxy) is 2. The van der Waals surface area contributed by atoms with Gasteiger partial charge in [0, 0.05) is 11.3 Å². The predicted octanol–water partition coefficient (Wildman–Crippen LogP) is 3.36. The van der Waals surface area contributed by atoms with Gasteiger partial charge in [0.25, 0.3) is 0 Å². The van der Waals surface area contributed by atoms with Crippen LogP contribution in [0.1, 0.15) is 29.8 Å². The molecule has 1 rings (SSSR count). The van der Waals surface area contributed by atoms with Gasteiger partial charge in [0.15, 0.2) is 0 Å². The minimum absolute atomic E-state index is 0.109. The number of thioether (sulfide) groups is 1. The van der Waals surface area contributed by atoms with Gasteiger partial charge in [-0.2, -0.15) is 0 Å². The van der Waals surface area contributed by atoms with Crippen LogP contribution in [0.25, 0.3) is 0 Å². The summed E-state index contributed by atoms with van der Waals surface area (Å²) in [6.45, 7) is 3.65. The van der Waals surface area contributed by atoms with Crippen LogP contribution in [0.3, 0.4) is 0 Å². The van der Waals surface area contributed by atoms with Crippen molar-refractivity contribution in [1.29, 1.82) is 0 Å². The summed E-state index contributed by atoms with van der Waals surface area (Å²) in [5, 5.41) is -0.162. The summed E-state index contributed by atoms with van der Waals surface area (Å²) in [4.78, 5) is 27.2. The Bertz CT molecular complexity index is 539. The molecule has 1 aromatic heterocycles. The lowest BCUT2D eigenvalue weighted by Gasteiger charge is -2.13.